The highest BCUT2D eigenvalue weighted by molar-refractivity contribution is 9.10. The number of thioether (sulfide) groups is 1. The normalized spacial score (nSPS) is 17.6. The number of benzene rings is 2. The lowest BCUT2D eigenvalue weighted by Gasteiger charge is -2.27. The first-order chi connectivity index (χ1) is 9.63. The number of anilines is 1. The first-order valence-electron chi connectivity index (χ1n) is 6.58. The van der Waals surface area contributed by atoms with E-state index >= 15 is 0 Å². The van der Waals surface area contributed by atoms with Crippen molar-refractivity contribution >= 4 is 33.4 Å². The molecule has 0 aliphatic carbocycles. The zero-order valence-electron chi connectivity index (χ0n) is 11.1. The Kier molecular flexibility index (Phi) is 4.03. The molecule has 0 saturated carbocycles. The van der Waals surface area contributed by atoms with Crippen molar-refractivity contribution in [2.24, 2.45) is 0 Å². The van der Waals surface area contributed by atoms with E-state index in [0.717, 1.165) is 32.8 Å². The summed E-state index contributed by atoms with van der Waals surface area (Å²) in [6.07, 6.45) is 1.01. The third kappa shape index (κ3) is 2.86. The monoisotopic (exact) mass is 351 g/mol. The maximum absolute atomic E-state index is 13.9. The van der Waals surface area contributed by atoms with Crippen LogP contribution in [-0.2, 0) is 0 Å². The Morgan fingerprint density at radius 2 is 2.15 bits per heavy atom. The summed E-state index contributed by atoms with van der Waals surface area (Å²) in [6.45, 7) is 2.07. The van der Waals surface area contributed by atoms with E-state index in [0.29, 0.717) is 0 Å². The quantitative estimate of drug-likeness (QED) is 0.761. The number of fused-ring (bicyclic) bond motifs is 1. The van der Waals surface area contributed by atoms with Crippen LogP contribution in [-0.4, -0.2) is 5.75 Å². The predicted molar refractivity (Wildman–Crippen MR) is 87.0 cm³/mol. The van der Waals surface area contributed by atoms with E-state index < -0.39 is 0 Å². The zero-order valence-corrected chi connectivity index (χ0v) is 13.5. The number of aryl methyl sites for hydroxylation is 1. The van der Waals surface area contributed by atoms with E-state index in [1.165, 1.54) is 11.6 Å². The Balaban J connectivity index is 1.91. The van der Waals surface area contributed by atoms with Crippen LogP contribution in [0.2, 0.25) is 0 Å². The van der Waals surface area contributed by atoms with Gasteiger partial charge in [0.05, 0.1) is 6.04 Å². The molecular formula is C16H15BrFNS. The molecule has 4 heteroatoms. The minimum Gasteiger partial charge on any atom is -0.378 e. The second-order valence-electron chi connectivity index (χ2n) is 5.01. The van der Waals surface area contributed by atoms with Gasteiger partial charge in [-0.25, -0.2) is 4.39 Å². The molecule has 2 aromatic carbocycles. The van der Waals surface area contributed by atoms with Crippen LogP contribution in [0.5, 0.6) is 0 Å². The number of hydrogen-bond acceptors (Lipinski definition) is 2. The van der Waals surface area contributed by atoms with E-state index in [1.54, 1.807) is 17.8 Å². The number of rotatable bonds is 2. The molecule has 1 aliphatic rings. The van der Waals surface area contributed by atoms with Gasteiger partial charge in [-0.3, -0.25) is 0 Å². The summed E-state index contributed by atoms with van der Waals surface area (Å²) in [5, 5.41) is 3.54. The van der Waals surface area contributed by atoms with Crippen molar-refractivity contribution in [2.75, 3.05) is 11.1 Å². The van der Waals surface area contributed by atoms with Gasteiger partial charge >= 0.3 is 0 Å². The molecule has 0 saturated heterocycles. The Hall–Kier alpha value is -1.00. The van der Waals surface area contributed by atoms with Crippen LogP contribution >= 0.6 is 27.7 Å². The lowest BCUT2D eigenvalue weighted by Crippen LogP contribution is -2.16. The first kappa shape index (κ1) is 14.0. The molecule has 0 aromatic heterocycles. The van der Waals surface area contributed by atoms with Gasteiger partial charge in [0.25, 0.3) is 0 Å². The molecule has 1 aliphatic heterocycles. The molecule has 0 amide bonds. The van der Waals surface area contributed by atoms with E-state index in [9.17, 15) is 4.39 Å². The molecule has 0 radical (unpaired) electrons. The zero-order chi connectivity index (χ0) is 14.1. The lowest BCUT2D eigenvalue weighted by molar-refractivity contribution is 0.585. The second kappa shape index (κ2) is 5.78. The van der Waals surface area contributed by atoms with Gasteiger partial charge in [0.1, 0.15) is 5.82 Å². The third-order valence-electron chi connectivity index (χ3n) is 3.41. The smallest absolute Gasteiger partial charge is 0.137 e. The van der Waals surface area contributed by atoms with Crippen molar-refractivity contribution in [2.45, 2.75) is 24.3 Å². The average molecular weight is 352 g/mol. The fourth-order valence-corrected chi connectivity index (χ4v) is 4.31. The van der Waals surface area contributed by atoms with E-state index in [1.807, 2.05) is 6.07 Å². The topological polar surface area (TPSA) is 12.0 Å². The molecule has 1 heterocycles. The van der Waals surface area contributed by atoms with Gasteiger partial charge < -0.3 is 5.32 Å². The molecule has 0 spiro atoms. The van der Waals surface area contributed by atoms with Gasteiger partial charge in [-0.05, 0) is 48.7 Å². The van der Waals surface area contributed by atoms with Crippen LogP contribution in [0.15, 0.2) is 45.8 Å². The predicted octanol–water partition coefficient (Wildman–Crippen LogP) is 5.55. The summed E-state index contributed by atoms with van der Waals surface area (Å²) < 4.78 is 14.9. The molecule has 104 valence electrons. The van der Waals surface area contributed by atoms with Crippen LogP contribution in [0, 0.1) is 12.7 Å². The van der Waals surface area contributed by atoms with Gasteiger partial charge in [-0.1, -0.05) is 28.1 Å². The largest absolute Gasteiger partial charge is 0.378 e. The minimum atomic E-state index is -0.107. The maximum atomic E-state index is 13.9. The third-order valence-corrected chi connectivity index (χ3v) is 5.03. The van der Waals surface area contributed by atoms with Crippen molar-refractivity contribution < 1.29 is 4.39 Å². The molecule has 0 bridgehead atoms. The number of hydrogen-bond donors (Lipinski definition) is 1. The highest BCUT2D eigenvalue weighted by Crippen LogP contribution is 2.39. The molecule has 0 fully saturated rings. The van der Waals surface area contributed by atoms with Crippen molar-refractivity contribution in [1.82, 2.24) is 0 Å². The standard InChI is InChI=1S/C16H15BrFNS/c1-10-7-11(17)9-12(8-10)19-15-5-6-20-16-13(15)3-2-4-14(16)18/h2-4,7-9,15,19H,5-6H2,1H3. The molecule has 1 N–H and O–H groups in total. The van der Waals surface area contributed by atoms with Gasteiger partial charge in [0, 0.05) is 20.8 Å². The summed E-state index contributed by atoms with van der Waals surface area (Å²) in [5.74, 6) is 0.836. The van der Waals surface area contributed by atoms with E-state index in [4.69, 9.17) is 0 Å². The maximum Gasteiger partial charge on any atom is 0.137 e. The first-order valence-corrected chi connectivity index (χ1v) is 8.36. The second-order valence-corrected chi connectivity index (χ2v) is 7.03. The van der Waals surface area contributed by atoms with Gasteiger partial charge in [-0.2, -0.15) is 0 Å². The summed E-state index contributed by atoms with van der Waals surface area (Å²) in [6, 6.07) is 11.8. The van der Waals surface area contributed by atoms with E-state index in [2.05, 4.69) is 46.4 Å². The highest BCUT2D eigenvalue weighted by Gasteiger charge is 2.23. The van der Waals surface area contributed by atoms with Crippen LogP contribution in [0.1, 0.15) is 23.6 Å². The van der Waals surface area contributed by atoms with E-state index in [-0.39, 0.29) is 11.9 Å². The van der Waals surface area contributed by atoms with Crippen molar-refractivity contribution in [1.29, 1.82) is 0 Å². The molecule has 1 nitrogen and oxygen atoms in total. The van der Waals surface area contributed by atoms with Crippen molar-refractivity contribution in [3.63, 3.8) is 0 Å². The van der Waals surface area contributed by atoms with Crippen LogP contribution in [0.25, 0.3) is 0 Å². The van der Waals surface area contributed by atoms with Crippen molar-refractivity contribution in [3.8, 4) is 0 Å². The van der Waals surface area contributed by atoms with Crippen LogP contribution in [0.4, 0.5) is 10.1 Å². The number of nitrogens with one attached hydrogen (secondary N) is 1. The number of halogens is 2. The summed E-state index contributed by atoms with van der Waals surface area (Å²) in [5.41, 5.74) is 3.34. The highest BCUT2D eigenvalue weighted by atomic mass is 79.9. The minimum absolute atomic E-state index is 0.107. The Morgan fingerprint density at radius 1 is 1.30 bits per heavy atom. The molecule has 1 unspecified atom stereocenters. The summed E-state index contributed by atoms with van der Waals surface area (Å²) in [7, 11) is 0. The summed E-state index contributed by atoms with van der Waals surface area (Å²) >= 11 is 5.13. The van der Waals surface area contributed by atoms with Crippen molar-refractivity contribution in [3.05, 3.63) is 57.8 Å². The fraction of sp³-hybridized carbons (Fsp3) is 0.250. The molecule has 3 rings (SSSR count). The summed E-state index contributed by atoms with van der Waals surface area (Å²) in [4.78, 5) is 0.794. The Morgan fingerprint density at radius 3 is 2.95 bits per heavy atom. The SMILES string of the molecule is Cc1cc(Br)cc(NC2CCSc3c(F)cccc32)c1. The molecular weight excluding hydrogens is 337 g/mol. The Labute approximate surface area is 131 Å². The van der Waals surface area contributed by atoms with Gasteiger partial charge in [0.15, 0.2) is 0 Å². The van der Waals surface area contributed by atoms with Crippen LogP contribution in [0.3, 0.4) is 0 Å². The fourth-order valence-electron chi connectivity index (χ4n) is 2.56. The molecule has 1 atom stereocenters. The van der Waals surface area contributed by atoms with Gasteiger partial charge in [0.2, 0.25) is 0 Å². The molecule has 20 heavy (non-hydrogen) atoms. The molecule has 2 aromatic rings. The van der Waals surface area contributed by atoms with Gasteiger partial charge in [-0.15, -0.1) is 11.8 Å². The Bertz CT molecular complexity index is 624. The van der Waals surface area contributed by atoms with Crippen LogP contribution < -0.4 is 5.32 Å². The lowest BCUT2D eigenvalue weighted by atomic mass is 10.0. The average Bonchev–Trinajstić information content (AvgIpc) is 2.39.